The number of benzene rings is 1. The minimum atomic E-state index is -0.519. The van der Waals surface area contributed by atoms with Crippen LogP contribution in [0.25, 0.3) is 0 Å². The summed E-state index contributed by atoms with van der Waals surface area (Å²) >= 11 is 6.02. The summed E-state index contributed by atoms with van der Waals surface area (Å²) in [6.07, 6.45) is 1.52. The minimum absolute atomic E-state index is 0.0526. The lowest BCUT2D eigenvalue weighted by atomic mass is 10.1. The molecule has 0 atom stereocenters. The smallest absolute Gasteiger partial charge is 0.285 e. The van der Waals surface area contributed by atoms with E-state index in [4.69, 9.17) is 16.9 Å². The van der Waals surface area contributed by atoms with Gasteiger partial charge in [-0.3, -0.25) is 4.79 Å². The van der Waals surface area contributed by atoms with Crippen molar-refractivity contribution in [2.75, 3.05) is 36.0 Å². The number of rotatable bonds is 2. The fraction of sp³-hybridized carbons (Fsp3) is 0.267. The zero-order valence-electron chi connectivity index (χ0n) is 12.1. The number of hydrogen-bond acceptors (Lipinski definition) is 5. The Morgan fingerprint density at radius 1 is 1.22 bits per heavy atom. The van der Waals surface area contributed by atoms with Gasteiger partial charge < -0.3 is 9.80 Å². The fourth-order valence-electron chi connectivity index (χ4n) is 2.67. The number of aromatic nitrogens is 2. The maximum atomic E-state index is 13.7. The molecule has 1 aliphatic rings. The second kappa shape index (κ2) is 6.26. The molecule has 1 saturated heterocycles. The molecule has 1 aromatic heterocycles. The van der Waals surface area contributed by atoms with Crippen LogP contribution < -0.4 is 15.4 Å². The van der Waals surface area contributed by atoms with Gasteiger partial charge in [0.2, 0.25) is 0 Å². The third-order valence-corrected chi connectivity index (χ3v) is 4.21. The summed E-state index contributed by atoms with van der Waals surface area (Å²) in [6, 6.07) is 6.52. The Morgan fingerprint density at radius 2 is 1.87 bits per heavy atom. The molecule has 23 heavy (non-hydrogen) atoms. The molecule has 0 unspecified atom stereocenters. The van der Waals surface area contributed by atoms with Crippen molar-refractivity contribution in [3.8, 4) is 6.07 Å². The predicted molar refractivity (Wildman–Crippen MR) is 85.4 cm³/mol. The average molecular weight is 334 g/mol. The standard InChI is InChI=1S/C15H13ClFN5O/c16-14-13(9-19-20-15(14)23)22-6-4-21(5-7-22)12-3-1-2-11(17)10(12)8-18/h1-3,9H,4-7H2,(H,20,23). The summed E-state index contributed by atoms with van der Waals surface area (Å²) in [4.78, 5) is 15.4. The highest BCUT2D eigenvalue weighted by molar-refractivity contribution is 6.33. The van der Waals surface area contributed by atoms with Gasteiger partial charge in [0.25, 0.3) is 5.56 Å². The topological polar surface area (TPSA) is 76.0 Å². The van der Waals surface area contributed by atoms with E-state index in [9.17, 15) is 9.18 Å². The van der Waals surface area contributed by atoms with Gasteiger partial charge in [0.1, 0.15) is 22.5 Å². The summed E-state index contributed by atoms with van der Waals surface area (Å²) in [5, 5.41) is 15.3. The fourth-order valence-corrected chi connectivity index (χ4v) is 2.88. The van der Waals surface area contributed by atoms with Crippen molar-refractivity contribution in [3.05, 3.63) is 51.2 Å². The maximum Gasteiger partial charge on any atom is 0.285 e. The molecule has 0 radical (unpaired) electrons. The van der Waals surface area contributed by atoms with E-state index in [-0.39, 0.29) is 10.6 Å². The molecule has 0 saturated carbocycles. The van der Waals surface area contributed by atoms with Crippen molar-refractivity contribution >= 4 is 23.0 Å². The van der Waals surface area contributed by atoms with Crippen LogP contribution in [0, 0.1) is 17.1 Å². The molecule has 1 fully saturated rings. The first-order valence-electron chi connectivity index (χ1n) is 7.03. The first-order chi connectivity index (χ1) is 11.1. The number of H-pyrrole nitrogens is 1. The van der Waals surface area contributed by atoms with Gasteiger partial charge in [-0.1, -0.05) is 17.7 Å². The lowest BCUT2D eigenvalue weighted by molar-refractivity contribution is 0.616. The third kappa shape index (κ3) is 2.85. The van der Waals surface area contributed by atoms with Crippen molar-refractivity contribution in [2.45, 2.75) is 0 Å². The zero-order valence-corrected chi connectivity index (χ0v) is 12.8. The van der Waals surface area contributed by atoms with Crippen molar-refractivity contribution in [3.63, 3.8) is 0 Å². The quantitative estimate of drug-likeness (QED) is 0.906. The van der Waals surface area contributed by atoms with Crippen LogP contribution in [0.3, 0.4) is 0 Å². The summed E-state index contributed by atoms with van der Waals surface area (Å²) in [7, 11) is 0. The highest BCUT2D eigenvalue weighted by atomic mass is 35.5. The number of hydrogen-bond donors (Lipinski definition) is 1. The van der Waals surface area contributed by atoms with Crippen LogP contribution >= 0.6 is 11.6 Å². The Morgan fingerprint density at radius 3 is 2.52 bits per heavy atom. The number of nitrogens with zero attached hydrogens (tertiary/aromatic N) is 4. The Hall–Kier alpha value is -2.59. The molecular formula is C15H13ClFN5O. The molecule has 6 nitrogen and oxygen atoms in total. The number of halogens is 2. The van der Waals surface area contributed by atoms with Gasteiger partial charge in [-0.25, -0.2) is 9.49 Å². The van der Waals surface area contributed by atoms with E-state index < -0.39 is 11.4 Å². The van der Waals surface area contributed by atoms with Crippen LogP contribution in [-0.2, 0) is 0 Å². The van der Waals surface area contributed by atoms with Gasteiger partial charge >= 0.3 is 0 Å². The van der Waals surface area contributed by atoms with E-state index in [1.807, 2.05) is 15.9 Å². The summed E-state index contributed by atoms with van der Waals surface area (Å²) < 4.78 is 13.7. The molecule has 0 spiro atoms. The van der Waals surface area contributed by atoms with Gasteiger partial charge in [-0.15, -0.1) is 0 Å². The molecule has 3 rings (SSSR count). The second-order valence-electron chi connectivity index (χ2n) is 5.12. The lowest BCUT2D eigenvalue weighted by Gasteiger charge is -2.37. The molecule has 0 bridgehead atoms. The first-order valence-corrected chi connectivity index (χ1v) is 7.41. The molecular weight excluding hydrogens is 321 g/mol. The average Bonchev–Trinajstić information content (AvgIpc) is 2.57. The van der Waals surface area contributed by atoms with Crippen molar-refractivity contribution in [1.82, 2.24) is 10.2 Å². The van der Waals surface area contributed by atoms with E-state index in [1.54, 1.807) is 12.1 Å². The Balaban J connectivity index is 1.80. The van der Waals surface area contributed by atoms with Gasteiger partial charge in [0.15, 0.2) is 0 Å². The highest BCUT2D eigenvalue weighted by Gasteiger charge is 2.22. The summed E-state index contributed by atoms with van der Waals surface area (Å²) in [5.41, 5.74) is 0.789. The van der Waals surface area contributed by atoms with Crippen LogP contribution in [0.1, 0.15) is 5.56 Å². The molecule has 2 aromatic rings. The number of piperazine rings is 1. The van der Waals surface area contributed by atoms with Crippen LogP contribution in [-0.4, -0.2) is 36.4 Å². The van der Waals surface area contributed by atoms with E-state index >= 15 is 0 Å². The predicted octanol–water partition coefficient (Wildman–Crippen LogP) is 1.76. The number of nitriles is 1. The number of nitrogens with one attached hydrogen (secondary N) is 1. The molecule has 0 amide bonds. The van der Waals surface area contributed by atoms with Crippen LogP contribution in [0.2, 0.25) is 5.02 Å². The molecule has 1 aromatic carbocycles. The van der Waals surface area contributed by atoms with Crippen LogP contribution in [0.5, 0.6) is 0 Å². The normalized spacial score (nSPS) is 14.7. The number of aromatic amines is 1. The molecule has 118 valence electrons. The summed E-state index contributed by atoms with van der Waals surface area (Å²) in [5.74, 6) is -0.519. The van der Waals surface area contributed by atoms with Crippen LogP contribution in [0.4, 0.5) is 15.8 Å². The second-order valence-corrected chi connectivity index (χ2v) is 5.50. The van der Waals surface area contributed by atoms with Gasteiger partial charge in [0.05, 0.1) is 17.6 Å². The molecule has 1 aliphatic heterocycles. The van der Waals surface area contributed by atoms with Gasteiger partial charge in [-0.2, -0.15) is 10.4 Å². The summed E-state index contributed by atoms with van der Waals surface area (Å²) in [6.45, 7) is 2.35. The van der Waals surface area contributed by atoms with E-state index in [1.165, 1.54) is 12.3 Å². The minimum Gasteiger partial charge on any atom is -0.367 e. The number of anilines is 2. The zero-order chi connectivity index (χ0) is 16.4. The first kappa shape index (κ1) is 15.3. The van der Waals surface area contributed by atoms with Crippen molar-refractivity contribution in [2.24, 2.45) is 0 Å². The molecule has 2 heterocycles. The molecule has 1 N–H and O–H groups in total. The van der Waals surface area contributed by atoms with Gasteiger partial charge in [0, 0.05) is 26.2 Å². The third-order valence-electron chi connectivity index (χ3n) is 3.84. The Labute approximate surface area is 136 Å². The SMILES string of the molecule is N#Cc1c(F)cccc1N1CCN(c2cn[nH]c(=O)c2Cl)CC1. The Kier molecular flexibility index (Phi) is 4.17. The van der Waals surface area contributed by atoms with Crippen molar-refractivity contribution < 1.29 is 4.39 Å². The van der Waals surface area contributed by atoms with Crippen LogP contribution in [0.15, 0.2) is 29.2 Å². The van der Waals surface area contributed by atoms with Crippen molar-refractivity contribution in [1.29, 1.82) is 5.26 Å². The Bertz CT molecular complexity index is 823. The monoisotopic (exact) mass is 333 g/mol. The maximum absolute atomic E-state index is 13.7. The lowest BCUT2D eigenvalue weighted by Crippen LogP contribution is -2.47. The van der Waals surface area contributed by atoms with E-state index in [2.05, 4.69) is 10.2 Å². The van der Waals surface area contributed by atoms with E-state index in [0.29, 0.717) is 37.6 Å². The highest BCUT2D eigenvalue weighted by Crippen LogP contribution is 2.26. The van der Waals surface area contributed by atoms with Gasteiger partial charge in [-0.05, 0) is 12.1 Å². The molecule has 0 aliphatic carbocycles. The molecule has 8 heteroatoms. The van der Waals surface area contributed by atoms with E-state index in [0.717, 1.165) is 0 Å². The largest absolute Gasteiger partial charge is 0.367 e.